The topological polar surface area (TPSA) is 327 Å². The molecular formula is C73H84Br2N10O19S. The van der Waals surface area contributed by atoms with E-state index < -0.39 is 118 Å². The van der Waals surface area contributed by atoms with E-state index in [1.807, 2.05) is 57.2 Å². The molecule has 4 aliphatic heterocycles. The predicted molar refractivity (Wildman–Crippen MR) is 391 cm³/mol. The van der Waals surface area contributed by atoms with E-state index >= 15 is 0 Å². The van der Waals surface area contributed by atoms with Crippen LogP contribution in [0.15, 0.2) is 136 Å². The molecule has 105 heavy (non-hydrogen) atoms. The van der Waals surface area contributed by atoms with Gasteiger partial charge in [-0.3, -0.25) is 14.2 Å². The summed E-state index contributed by atoms with van der Waals surface area (Å²) in [5.74, 6) is -1.04. The van der Waals surface area contributed by atoms with E-state index in [0.29, 0.717) is 27.8 Å². The maximum atomic E-state index is 13.4. The van der Waals surface area contributed by atoms with Gasteiger partial charge in [0.1, 0.15) is 101 Å². The molecule has 0 aliphatic carbocycles. The lowest BCUT2D eigenvalue weighted by Gasteiger charge is -2.28. The van der Waals surface area contributed by atoms with E-state index in [9.17, 15) is 27.6 Å². The highest BCUT2D eigenvalue weighted by Crippen LogP contribution is 2.47. The van der Waals surface area contributed by atoms with Gasteiger partial charge in [-0.05, 0) is 210 Å². The first-order valence-corrected chi connectivity index (χ1v) is 36.5. The first-order valence-electron chi connectivity index (χ1n) is 33.5. The molecule has 29 nitrogen and oxygen atoms in total. The van der Waals surface area contributed by atoms with Crippen LogP contribution in [-0.2, 0) is 61.7 Å². The van der Waals surface area contributed by atoms with E-state index in [1.54, 1.807) is 167 Å². The number of pyridine rings is 2. The Morgan fingerprint density at radius 3 is 1.35 bits per heavy atom. The summed E-state index contributed by atoms with van der Waals surface area (Å²) in [6, 6.07) is 24.4. The molecule has 3 aromatic carbocycles. The fraction of sp³-hybridized carbons (Fsp3) is 0.452. The second-order valence-corrected chi connectivity index (χ2v) is 33.5. The number of hydrogen-bond donors (Lipinski definition) is 1. The number of carbonyl (C=O) groups is 4. The molecule has 0 saturated carbocycles. The van der Waals surface area contributed by atoms with Gasteiger partial charge in [-0.2, -0.15) is 18.2 Å². The van der Waals surface area contributed by atoms with Crippen LogP contribution in [0, 0.1) is 6.92 Å². The summed E-state index contributed by atoms with van der Waals surface area (Å²) in [7, 11) is -4.08. The van der Waals surface area contributed by atoms with Crippen molar-refractivity contribution in [2.75, 3.05) is 23.0 Å². The Labute approximate surface area is 623 Å². The van der Waals surface area contributed by atoms with E-state index in [0.717, 1.165) is 46.1 Å². The third-order valence-corrected chi connectivity index (χ3v) is 18.0. The van der Waals surface area contributed by atoms with Gasteiger partial charge >= 0.3 is 24.4 Å². The number of fused-ring (bicyclic) bond motifs is 6. The summed E-state index contributed by atoms with van der Waals surface area (Å²) < 4.78 is 103. The number of amides is 4. The van der Waals surface area contributed by atoms with Crippen molar-refractivity contribution in [3.05, 3.63) is 137 Å². The second kappa shape index (κ2) is 29.6. The van der Waals surface area contributed by atoms with Crippen LogP contribution in [0.25, 0.3) is 43.9 Å². The second-order valence-electron chi connectivity index (χ2n) is 30.1. The lowest BCUT2D eigenvalue weighted by molar-refractivity contribution is -0.199. The van der Waals surface area contributed by atoms with Gasteiger partial charge < -0.3 is 66.3 Å². The maximum Gasteiger partial charge on any atom is 0.425 e. The largest absolute Gasteiger partial charge is 0.508 e. The molecule has 4 amide bonds. The quantitative estimate of drug-likeness (QED) is 0.0928. The average molecular weight is 1600 g/mol. The monoisotopic (exact) mass is 1590 g/mol. The van der Waals surface area contributed by atoms with Gasteiger partial charge in [-0.1, -0.05) is 17.7 Å². The number of aromatic nitrogens is 8. The van der Waals surface area contributed by atoms with E-state index in [-0.39, 0.29) is 35.5 Å². The molecule has 13 rings (SSSR count). The van der Waals surface area contributed by atoms with Crippen molar-refractivity contribution in [3.8, 4) is 11.5 Å². The molecule has 4 aliphatic rings. The molecule has 32 heteroatoms. The number of carbonyl (C=O) groups excluding carboxylic acids is 4. The molecule has 0 radical (unpaired) electrons. The number of phenolic OH excluding ortho intramolecular Hbond substituents is 1. The molecular weight excluding hydrogens is 1510 g/mol. The number of nitrogens with zero attached hydrogens (tertiary/aromatic N) is 10. The molecule has 1 N–H and O–H groups in total. The number of anilines is 2. The molecule has 0 spiro atoms. The number of benzene rings is 3. The van der Waals surface area contributed by atoms with Crippen molar-refractivity contribution in [1.82, 2.24) is 39.0 Å². The zero-order chi connectivity index (χ0) is 76.3. The van der Waals surface area contributed by atoms with Crippen LogP contribution in [0.3, 0.4) is 0 Å². The highest BCUT2D eigenvalue weighted by atomic mass is 79.9. The summed E-state index contributed by atoms with van der Waals surface area (Å²) in [5.41, 5.74) is -0.384. The Kier molecular flexibility index (Phi) is 21.9. The van der Waals surface area contributed by atoms with Crippen molar-refractivity contribution in [2.24, 2.45) is 0 Å². The Balaban J connectivity index is 0.000000181. The fourth-order valence-corrected chi connectivity index (χ4v) is 13.4. The third-order valence-electron chi connectivity index (χ3n) is 15.9. The van der Waals surface area contributed by atoms with Crippen LogP contribution < -0.4 is 14.5 Å². The van der Waals surface area contributed by atoms with Crippen molar-refractivity contribution in [3.63, 3.8) is 0 Å². The summed E-state index contributed by atoms with van der Waals surface area (Å²) in [6.07, 6.45) is 0.284. The smallest absolute Gasteiger partial charge is 0.425 e. The molecule has 4 fully saturated rings. The Hall–Kier alpha value is -8.57. The number of hydrogen-bond acceptors (Lipinski definition) is 25. The zero-order valence-corrected chi connectivity index (χ0v) is 65.0. The molecule has 560 valence electrons. The van der Waals surface area contributed by atoms with Gasteiger partial charge in [0.15, 0.2) is 35.7 Å². The Morgan fingerprint density at radius 2 is 0.924 bits per heavy atom. The first-order chi connectivity index (χ1) is 49.0. The summed E-state index contributed by atoms with van der Waals surface area (Å²) >= 11 is 6.78. The fourth-order valence-electron chi connectivity index (χ4n) is 11.8. The van der Waals surface area contributed by atoms with Crippen LogP contribution in [0.1, 0.15) is 129 Å². The van der Waals surface area contributed by atoms with Gasteiger partial charge in [0.25, 0.3) is 10.1 Å². The number of rotatable bonds is 11. The predicted octanol–water partition coefficient (Wildman–Crippen LogP) is 14.9. The SMILES string of the molecule is CC(C)(C)OC(=O)N(C(=O)OC(C)(C)C)c1ncnc2c1ccn2[C@@H]1O[C@H](COc2ccc3cc(Br)cnc3c2)[C@H]2OC(C)(C)O[C@H]21.Cc1ccc(S(=O)(=O)OC[C@H]2O[C@@H](n3ccc4c(N(C(=O)OC(C)(C)C)C(=O)OC(C)(C)C)ncnc43)[C@@H]3OC(C)(C)O[C@@H]32)cc1.Oc1ccc2cc(Br)cnc2c1. The molecule has 8 atom stereocenters. The third kappa shape index (κ3) is 18.5. The van der Waals surface area contributed by atoms with Crippen LogP contribution in [-0.4, -0.2) is 161 Å². The molecule has 6 aromatic heterocycles. The number of halogens is 2. The van der Waals surface area contributed by atoms with Gasteiger partial charge in [0.2, 0.25) is 0 Å². The molecule has 4 saturated heterocycles. The van der Waals surface area contributed by atoms with Crippen molar-refractivity contribution < 1.29 is 89.0 Å². The van der Waals surface area contributed by atoms with E-state index in [4.69, 9.17) is 61.4 Å². The van der Waals surface area contributed by atoms with Crippen LogP contribution >= 0.6 is 31.9 Å². The first kappa shape index (κ1) is 77.5. The maximum absolute atomic E-state index is 13.4. The minimum atomic E-state index is -4.08. The van der Waals surface area contributed by atoms with Gasteiger partial charge in [-0.15, -0.1) is 0 Å². The van der Waals surface area contributed by atoms with Crippen molar-refractivity contribution >= 4 is 122 Å². The lowest BCUT2D eigenvalue weighted by atomic mass is 10.1. The average Bonchev–Trinajstić information content (AvgIpc) is 1.59. The van der Waals surface area contributed by atoms with Crippen molar-refractivity contribution in [1.29, 1.82) is 0 Å². The molecule has 0 unspecified atom stereocenters. The molecule has 9 aromatic rings. The van der Waals surface area contributed by atoms with Crippen LogP contribution in [0.4, 0.5) is 30.8 Å². The number of ether oxygens (including phenoxy) is 11. The summed E-state index contributed by atoms with van der Waals surface area (Å²) in [6.45, 7) is 29.2. The van der Waals surface area contributed by atoms with Crippen LogP contribution in [0.5, 0.6) is 11.5 Å². The normalized spacial score (nSPS) is 21.2. The van der Waals surface area contributed by atoms with Gasteiger partial charge in [-0.25, -0.2) is 39.1 Å². The number of aromatic hydroxyl groups is 1. The summed E-state index contributed by atoms with van der Waals surface area (Å²) in [5, 5.41) is 11.9. The molecule has 0 bridgehead atoms. The van der Waals surface area contributed by atoms with E-state index in [1.165, 1.54) is 24.8 Å². The standard InChI is InChI=1S/C33H38BrN5O8.C31H40N4O10S.C9H6BrNO/c1-31(2,3)46-29(40)39(30(41)47-32(4,5)6)27-21-11-12-38(26(21)36-17-37-27)28-25-24(44-33(7,8)45-25)23(43-28)16-42-20-10-9-18-13-19(34)15-35-22(18)14-20;1-18-10-12-19(13-11-18)46(38,39)40-16-21-22-23(43-31(8,9)42-22)26(41-21)34-15-14-20-24(34)32-17-33-25(20)35(27(36)44-29(2,3)4)28(37)45-30(5,6)7;10-7-3-6-1-2-8(12)4-9(6)11-5-7/h9-15,17,23-25,28H,16H2,1-8H3;10-15,17,21-23,26H,16H2,1-9H3;1-5,12H/t23-,24-,25-,28-;21-,22-,23-,26-;/m11./s1. The van der Waals surface area contributed by atoms with Gasteiger partial charge in [0.05, 0.1) is 33.3 Å². The number of aryl methyl sites for hydroxylation is 1. The van der Waals surface area contributed by atoms with Gasteiger partial charge in [0, 0.05) is 56.6 Å². The Bertz CT molecular complexity index is 4760. The molecule has 10 heterocycles. The minimum Gasteiger partial charge on any atom is -0.508 e. The number of phenols is 1. The Morgan fingerprint density at radius 1 is 0.524 bits per heavy atom. The number of imide groups is 2. The zero-order valence-electron chi connectivity index (χ0n) is 61.0. The lowest BCUT2D eigenvalue weighted by Crippen LogP contribution is -2.44. The highest BCUT2D eigenvalue weighted by molar-refractivity contribution is 9.10. The van der Waals surface area contributed by atoms with Crippen LogP contribution in [0.2, 0.25) is 0 Å². The summed E-state index contributed by atoms with van der Waals surface area (Å²) in [4.78, 5) is 81.1. The highest BCUT2D eigenvalue weighted by Gasteiger charge is 2.58. The van der Waals surface area contributed by atoms with E-state index in [2.05, 4.69) is 61.8 Å². The van der Waals surface area contributed by atoms with Crippen molar-refractivity contribution in [2.45, 2.75) is 206 Å². The minimum absolute atomic E-state index is 0.00698.